The summed E-state index contributed by atoms with van der Waals surface area (Å²) >= 11 is 0. The molecule has 1 N–H and O–H groups in total. The van der Waals surface area contributed by atoms with Crippen LogP contribution in [0.1, 0.15) is 28.7 Å². The molecule has 0 unspecified atom stereocenters. The van der Waals surface area contributed by atoms with Gasteiger partial charge in [-0.3, -0.25) is 4.79 Å². The van der Waals surface area contributed by atoms with Crippen molar-refractivity contribution < 1.29 is 18.7 Å². The molecule has 2 aromatic rings. The van der Waals surface area contributed by atoms with E-state index in [0.29, 0.717) is 23.6 Å². The van der Waals surface area contributed by atoms with E-state index in [1.54, 1.807) is 24.5 Å². The molecular formula is C17H19FN2O3. The molecule has 0 atom stereocenters. The molecule has 0 radical (unpaired) electrons. The van der Waals surface area contributed by atoms with Gasteiger partial charge in [-0.1, -0.05) is 0 Å². The fourth-order valence-electron chi connectivity index (χ4n) is 2.34. The molecule has 1 heterocycles. The summed E-state index contributed by atoms with van der Waals surface area (Å²) in [4.78, 5) is 24.0. The lowest BCUT2D eigenvalue weighted by Gasteiger charge is -2.10. The number of hydrogen-bond acceptors (Lipinski definition) is 3. The Labute approximate surface area is 134 Å². The maximum Gasteiger partial charge on any atom is 0.339 e. The van der Waals surface area contributed by atoms with Gasteiger partial charge in [-0.2, -0.15) is 0 Å². The van der Waals surface area contributed by atoms with E-state index in [1.165, 1.54) is 24.3 Å². The van der Waals surface area contributed by atoms with Crippen LogP contribution in [0.25, 0.3) is 0 Å². The number of ether oxygens (including phenoxy) is 1. The molecule has 0 fully saturated rings. The monoisotopic (exact) mass is 318 g/mol. The summed E-state index contributed by atoms with van der Waals surface area (Å²) in [6.07, 6.45) is 0. The quantitative estimate of drug-likeness (QED) is 0.862. The summed E-state index contributed by atoms with van der Waals surface area (Å²) in [6.45, 7) is 5.69. The normalized spacial score (nSPS) is 10.4. The lowest BCUT2D eigenvalue weighted by Crippen LogP contribution is -2.20. The summed E-state index contributed by atoms with van der Waals surface area (Å²) in [7, 11) is 0. The van der Waals surface area contributed by atoms with Gasteiger partial charge in [0.15, 0.2) is 0 Å². The first-order valence-electron chi connectivity index (χ1n) is 7.31. The second-order valence-corrected chi connectivity index (χ2v) is 5.15. The predicted octanol–water partition coefficient (Wildman–Crippen LogP) is 3.06. The van der Waals surface area contributed by atoms with Crippen molar-refractivity contribution in [2.75, 3.05) is 11.9 Å². The number of carbonyl (C=O) groups is 2. The molecule has 0 spiro atoms. The largest absolute Gasteiger partial charge is 0.462 e. The van der Waals surface area contributed by atoms with Crippen molar-refractivity contribution in [3.8, 4) is 0 Å². The van der Waals surface area contributed by atoms with Crippen molar-refractivity contribution in [2.45, 2.75) is 27.3 Å². The minimum atomic E-state index is -0.397. The second-order valence-electron chi connectivity index (χ2n) is 5.15. The Morgan fingerprint density at radius 2 is 1.87 bits per heavy atom. The van der Waals surface area contributed by atoms with Crippen LogP contribution in [0, 0.1) is 19.7 Å². The maximum atomic E-state index is 12.9. The Kier molecular flexibility index (Phi) is 5.16. The van der Waals surface area contributed by atoms with Crippen LogP contribution < -0.4 is 5.32 Å². The van der Waals surface area contributed by atoms with Crippen molar-refractivity contribution in [1.29, 1.82) is 0 Å². The summed E-state index contributed by atoms with van der Waals surface area (Å²) in [5.74, 6) is -1.02. The van der Waals surface area contributed by atoms with Crippen molar-refractivity contribution in [2.24, 2.45) is 0 Å². The van der Waals surface area contributed by atoms with Gasteiger partial charge < -0.3 is 14.6 Å². The van der Waals surface area contributed by atoms with Gasteiger partial charge in [0.2, 0.25) is 5.91 Å². The molecule has 0 saturated carbocycles. The lowest BCUT2D eigenvalue weighted by molar-refractivity contribution is -0.116. The van der Waals surface area contributed by atoms with Crippen LogP contribution in [0.2, 0.25) is 0 Å². The third-order valence-corrected chi connectivity index (χ3v) is 3.50. The zero-order valence-corrected chi connectivity index (χ0v) is 13.4. The second kappa shape index (κ2) is 7.09. The van der Waals surface area contributed by atoms with Crippen LogP contribution in [0.15, 0.2) is 30.3 Å². The van der Waals surface area contributed by atoms with Gasteiger partial charge in [0.05, 0.1) is 12.2 Å². The number of nitrogens with zero attached hydrogens (tertiary/aromatic N) is 1. The van der Waals surface area contributed by atoms with Crippen LogP contribution in [0.4, 0.5) is 10.1 Å². The number of carbonyl (C=O) groups excluding carboxylic acids is 2. The Balaban J connectivity index is 2.11. The van der Waals surface area contributed by atoms with Crippen LogP contribution in [-0.2, 0) is 16.1 Å². The number of rotatable bonds is 5. The number of amides is 1. The fourth-order valence-corrected chi connectivity index (χ4v) is 2.34. The van der Waals surface area contributed by atoms with E-state index < -0.39 is 5.97 Å². The van der Waals surface area contributed by atoms with Crippen molar-refractivity contribution in [1.82, 2.24) is 4.57 Å². The molecule has 5 nitrogen and oxygen atoms in total. The number of benzene rings is 1. The third-order valence-electron chi connectivity index (χ3n) is 3.50. The predicted molar refractivity (Wildman–Crippen MR) is 84.9 cm³/mol. The minimum Gasteiger partial charge on any atom is -0.462 e. The molecule has 23 heavy (non-hydrogen) atoms. The molecule has 1 aromatic carbocycles. The number of aryl methyl sites for hydroxylation is 1. The first-order chi connectivity index (χ1) is 10.9. The van der Waals surface area contributed by atoms with Gasteiger partial charge in [0.25, 0.3) is 0 Å². The highest BCUT2D eigenvalue weighted by Gasteiger charge is 2.18. The first kappa shape index (κ1) is 16.7. The Hall–Kier alpha value is -2.63. The molecular weight excluding hydrogens is 299 g/mol. The molecule has 0 aliphatic carbocycles. The van der Waals surface area contributed by atoms with Gasteiger partial charge in [0, 0.05) is 17.1 Å². The van der Waals surface area contributed by atoms with Crippen LogP contribution in [-0.4, -0.2) is 23.1 Å². The standard InChI is InChI=1S/C17H19FN2O3/c1-4-23-17(22)15-9-11(2)20(12(15)3)10-16(21)19-14-7-5-13(18)6-8-14/h5-9H,4,10H2,1-3H3,(H,19,21). The smallest absolute Gasteiger partial charge is 0.339 e. The zero-order valence-electron chi connectivity index (χ0n) is 13.4. The van der Waals surface area contributed by atoms with Gasteiger partial charge in [-0.05, 0) is 51.1 Å². The molecule has 1 aromatic heterocycles. The SMILES string of the molecule is CCOC(=O)c1cc(C)n(CC(=O)Nc2ccc(F)cc2)c1C. The molecule has 0 aliphatic rings. The first-order valence-corrected chi connectivity index (χ1v) is 7.31. The Morgan fingerprint density at radius 1 is 1.22 bits per heavy atom. The van der Waals surface area contributed by atoms with Gasteiger partial charge >= 0.3 is 5.97 Å². The number of halogens is 1. The number of nitrogens with one attached hydrogen (secondary N) is 1. The van der Waals surface area contributed by atoms with E-state index in [9.17, 15) is 14.0 Å². The van der Waals surface area contributed by atoms with E-state index in [-0.39, 0.29) is 18.3 Å². The molecule has 0 bridgehead atoms. The van der Waals surface area contributed by atoms with E-state index in [2.05, 4.69) is 5.32 Å². The van der Waals surface area contributed by atoms with Gasteiger partial charge in [-0.25, -0.2) is 9.18 Å². The highest BCUT2D eigenvalue weighted by atomic mass is 19.1. The third kappa shape index (κ3) is 3.97. The number of esters is 1. The fraction of sp³-hybridized carbons (Fsp3) is 0.294. The molecule has 0 saturated heterocycles. The highest BCUT2D eigenvalue weighted by molar-refractivity contribution is 5.93. The topological polar surface area (TPSA) is 60.3 Å². The summed E-state index contributed by atoms with van der Waals surface area (Å²) in [6, 6.07) is 7.25. The Morgan fingerprint density at radius 3 is 2.48 bits per heavy atom. The average Bonchev–Trinajstić information content (AvgIpc) is 2.78. The van der Waals surface area contributed by atoms with Crippen molar-refractivity contribution in [3.05, 3.63) is 53.1 Å². The average molecular weight is 318 g/mol. The van der Waals surface area contributed by atoms with Crippen LogP contribution >= 0.6 is 0 Å². The summed E-state index contributed by atoms with van der Waals surface area (Å²) in [5.41, 5.74) is 2.44. The maximum absolute atomic E-state index is 12.9. The van der Waals surface area contributed by atoms with E-state index in [1.807, 2.05) is 6.92 Å². The van der Waals surface area contributed by atoms with Gasteiger partial charge in [0.1, 0.15) is 12.4 Å². The number of aromatic nitrogens is 1. The van der Waals surface area contributed by atoms with Crippen LogP contribution in [0.3, 0.4) is 0 Å². The minimum absolute atomic E-state index is 0.0639. The van der Waals surface area contributed by atoms with Crippen molar-refractivity contribution in [3.63, 3.8) is 0 Å². The lowest BCUT2D eigenvalue weighted by atomic mass is 10.2. The number of hydrogen-bond donors (Lipinski definition) is 1. The zero-order chi connectivity index (χ0) is 17.0. The van der Waals surface area contributed by atoms with Gasteiger partial charge in [-0.15, -0.1) is 0 Å². The molecule has 6 heteroatoms. The molecule has 1 amide bonds. The van der Waals surface area contributed by atoms with Crippen LogP contribution in [0.5, 0.6) is 0 Å². The molecule has 0 aliphatic heterocycles. The molecule has 122 valence electrons. The number of anilines is 1. The van der Waals surface area contributed by atoms with E-state index in [0.717, 1.165) is 5.69 Å². The summed E-state index contributed by atoms with van der Waals surface area (Å²) in [5, 5.41) is 2.69. The highest BCUT2D eigenvalue weighted by Crippen LogP contribution is 2.17. The Bertz CT molecular complexity index is 720. The molecule has 2 rings (SSSR count). The summed E-state index contributed by atoms with van der Waals surface area (Å²) < 4.78 is 19.6. The van der Waals surface area contributed by atoms with Crippen molar-refractivity contribution >= 4 is 17.6 Å². The van der Waals surface area contributed by atoms with E-state index in [4.69, 9.17) is 4.74 Å². The van der Waals surface area contributed by atoms with E-state index >= 15 is 0 Å².